The number of thioether (sulfide) groups is 1. The first-order valence-corrected chi connectivity index (χ1v) is 11.4. The molecule has 0 aliphatic carbocycles. The molecular weight excluding hydrogens is 426 g/mol. The normalized spacial score (nSPS) is 13.0. The van der Waals surface area contributed by atoms with Crippen LogP contribution in [0.5, 0.6) is 11.5 Å². The zero-order valence-corrected chi connectivity index (χ0v) is 19.2. The van der Waals surface area contributed by atoms with Gasteiger partial charge in [-0.25, -0.2) is 9.50 Å². The van der Waals surface area contributed by atoms with Crippen LogP contribution < -0.4 is 9.47 Å². The predicted molar refractivity (Wildman–Crippen MR) is 122 cm³/mol. The average molecular weight is 450 g/mol. The van der Waals surface area contributed by atoms with Crippen molar-refractivity contribution in [1.29, 1.82) is 0 Å². The zero-order valence-electron chi connectivity index (χ0n) is 18.4. The summed E-state index contributed by atoms with van der Waals surface area (Å²) in [6.07, 6.45) is 0. The van der Waals surface area contributed by atoms with Crippen molar-refractivity contribution >= 4 is 23.3 Å². The molecule has 0 spiro atoms. The number of aromatic nitrogens is 5. The molecule has 0 bridgehead atoms. The summed E-state index contributed by atoms with van der Waals surface area (Å²) in [6.45, 7) is 8.93. The number of rotatable bonds is 5. The van der Waals surface area contributed by atoms with E-state index in [2.05, 4.69) is 19.6 Å². The highest BCUT2D eigenvalue weighted by molar-refractivity contribution is 7.99. The first-order valence-electron chi connectivity index (χ1n) is 10.4. The lowest BCUT2D eigenvalue weighted by Crippen LogP contribution is -2.15. The summed E-state index contributed by atoms with van der Waals surface area (Å²) in [4.78, 5) is 21.9. The van der Waals surface area contributed by atoms with Gasteiger partial charge in [-0.05, 0) is 52.0 Å². The zero-order chi connectivity index (χ0) is 22.4. The predicted octanol–water partition coefficient (Wildman–Crippen LogP) is 3.89. The topological polar surface area (TPSA) is 83.5 Å². The first-order chi connectivity index (χ1) is 15.4. The molecule has 0 atom stereocenters. The van der Waals surface area contributed by atoms with Crippen LogP contribution in [-0.4, -0.2) is 48.9 Å². The van der Waals surface area contributed by atoms with E-state index in [1.54, 1.807) is 4.52 Å². The van der Waals surface area contributed by atoms with E-state index in [0.717, 1.165) is 40.0 Å². The van der Waals surface area contributed by atoms with Crippen molar-refractivity contribution in [1.82, 2.24) is 24.1 Å². The van der Waals surface area contributed by atoms with Gasteiger partial charge in [-0.15, -0.1) is 5.10 Å². The Morgan fingerprint density at radius 2 is 1.78 bits per heavy atom. The molecule has 1 aliphatic rings. The third-order valence-electron chi connectivity index (χ3n) is 5.45. The number of hydrogen-bond acceptors (Lipinski definition) is 7. The van der Waals surface area contributed by atoms with Crippen molar-refractivity contribution in [3.05, 3.63) is 58.7 Å². The number of carbonyl (C=O) groups excluding carboxylic acids is 1. The van der Waals surface area contributed by atoms with Gasteiger partial charge in [0.05, 0.1) is 5.75 Å². The van der Waals surface area contributed by atoms with Gasteiger partial charge in [0.25, 0.3) is 5.78 Å². The maximum Gasteiger partial charge on any atom is 0.253 e. The molecule has 1 aliphatic heterocycles. The molecule has 1 aromatic carbocycles. The molecule has 5 rings (SSSR count). The Morgan fingerprint density at radius 1 is 1.00 bits per heavy atom. The Kier molecular flexibility index (Phi) is 5.13. The highest BCUT2D eigenvalue weighted by Gasteiger charge is 2.20. The minimum absolute atomic E-state index is 0.0339. The van der Waals surface area contributed by atoms with Gasteiger partial charge in [0, 0.05) is 40.1 Å². The Labute approximate surface area is 189 Å². The van der Waals surface area contributed by atoms with Crippen molar-refractivity contribution in [3.63, 3.8) is 0 Å². The van der Waals surface area contributed by atoms with Crippen molar-refractivity contribution in [2.24, 2.45) is 0 Å². The minimum Gasteiger partial charge on any atom is -0.486 e. The van der Waals surface area contributed by atoms with Crippen LogP contribution in [0.1, 0.15) is 33.1 Å². The molecule has 0 radical (unpaired) electrons. The van der Waals surface area contributed by atoms with Crippen LogP contribution in [0.4, 0.5) is 0 Å². The number of nitrogens with zero attached hydrogens (tertiary/aromatic N) is 5. The quantitative estimate of drug-likeness (QED) is 0.338. The molecule has 32 heavy (non-hydrogen) atoms. The number of ether oxygens (including phenoxy) is 2. The first kappa shape index (κ1) is 20.6. The molecule has 4 heterocycles. The largest absolute Gasteiger partial charge is 0.486 e. The number of carbonyl (C=O) groups is 1. The molecule has 0 saturated heterocycles. The Morgan fingerprint density at radius 3 is 2.59 bits per heavy atom. The maximum atomic E-state index is 13.0. The van der Waals surface area contributed by atoms with Gasteiger partial charge >= 0.3 is 0 Å². The van der Waals surface area contributed by atoms with E-state index in [1.807, 2.05) is 58.0 Å². The number of ketones is 1. The molecule has 0 N–H and O–H groups in total. The fraction of sp³-hybridized carbons (Fsp3) is 0.304. The van der Waals surface area contributed by atoms with E-state index in [-0.39, 0.29) is 11.5 Å². The Balaban J connectivity index is 1.38. The second-order valence-electron chi connectivity index (χ2n) is 7.81. The lowest BCUT2D eigenvalue weighted by molar-refractivity contribution is 0.102. The van der Waals surface area contributed by atoms with Crippen LogP contribution in [-0.2, 0) is 0 Å². The summed E-state index contributed by atoms with van der Waals surface area (Å²) < 4.78 is 15.1. The molecule has 164 valence electrons. The van der Waals surface area contributed by atoms with Gasteiger partial charge in [-0.1, -0.05) is 11.8 Å². The van der Waals surface area contributed by atoms with Crippen LogP contribution in [0, 0.1) is 27.7 Å². The lowest BCUT2D eigenvalue weighted by atomic mass is 10.2. The average Bonchev–Trinajstić information content (AvgIpc) is 3.32. The van der Waals surface area contributed by atoms with Crippen LogP contribution in [0.15, 0.2) is 35.5 Å². The van der Waals surface area contributed by atoms with Gasteiger partial charge < -0.3 is 14.0 Å². The lowest BCUT2D eigenvalue weighted by Gasteiger charge is -2.20. The summed E-state index contributed by atoms with van der Waals surface area (Å²) in [5, 5.41) is 5.02. The SMILES string of the molecule is Cc1cc(C)n2nc(SCC(=O)c3cc(C)n(-c4ccc5c(c4)OCCO5)c3C)nc2n1. The molecule has 0 fully saturated rings. The maximum absolute atomic E-state index is 13.0. The molecule has 3 aromatic heterocycles. The second-order valence-corrected chi connectivity index (χ2v) is 8.75. The Bertz CT molecular complexity index is 1360. The molecule has 0 amide bonds. The number of fused-ring (bicyclic) bond motifs is 2. The monoisotopic (exact) mass is 449 g/mol. The van der Waals surface area contributed by atoms with Crippen LogP contribution >= 0.6 is 11.8 Å². The summed E-state index contributed by atoms with van der Waals surface area (Å²) in [7, 11) is 0. The van der Waals surface area contributed by atoms with Gasteiger partial charge in [-0.3, -0.25) is 4.79 Å². The van der Waals surface area contributed by atoms with E-state index in [0.29, 0.717) is 29.7 Å². The molecule has 4 aromatic rings. The van der Waals surface area contributed by atoms with Crippen LogP contribution in [0.3, 0.4) is 0 Å². The van der Waals surface area contributed by atoms with Gasteiger partial charge in [0.15, 0.2) is 17.3 Å². The summed E-state index contributed by atoms with van der Waals surface area (Å²) >= 11 is 1.32. The highest BCUT2D eigenvalue weighted by atomic mass is 32.2. The van der Waals surface area contributed by atoms with Crippen molar-refractivity contribution in [3.8, 4) is 17.2 Å². The molecular formula is C23H23N5O3S. The molecule has 8 nitrogen and oxygen atoms in total. The van der Waals surface area contributed by atoms with Gasteiger partial charge in [-0.2, -0.15) is 4.98 Å². The van der Waals surface area contributed by atoms with Crippen LogP contribution in [0.2, 0.25) is 0 Å². The summed E-state index contributed by atoms with van der Waals surface area (Å²) in [5.41, 5.74) is 5.35. The fourth-order valence-electron chi connectivity index (χ4n) is 4.03. The van der Waals surface area contributed by atoms with E-state index in [4.69, 9.17) is 9.47 Å². The van der Waals surface area contributed by atoms with E-state index >= 15 is 0 Å². The van der Waals surface area contributed by atoms with Crippen LogP contribution in [0.25, 0.3) is 11.5 Å². The van der Waals surface area contributed by atoms with Crippen molar-refractivity contribution in [2.75, 3.05) is 19.0 Å². The number of aryl methyl sites for hydroxylation is 3. The third-order valence-corrected chi connectivity index (χ3v) is 6.28. The minimum atomic E-state index is 0.0339. The van der Waals surface area contributed by atoms with Gasteiger partial charge in [0.1, 0.15) is 13.2 Å². The molecule has 0 saturated carbocycles. The van der Waals surface area contributed by atoms with Crippen molar-refractivity contribution < 1.29 is 14.3 Å². The van der Waals surface area contributed by atoms with E-state index in [9.17, 15) is 4.79 Å². The standard InChI is InChI=1S/C23H23N5O3S/c1-13-9-15(3)28-22(24-13)25-23(26-28)32-12-19(29)18-10-14(2)27(16(18)4)17-5-6-20-21(11-17)31-8-7-30-20/h5-6,9-11H,7-8,12H2,1-4H3. The number of benzene rings is 1. The van der Waals surface area contributed by atoms with E-state index < -0.39 is 0 Å². The fourth-order valence-corrected chi connectivity index (χ4v) is 4.73. The van der Waals surface area contributed by atoms with Crippen molar-refractivity contribution in [2.45, 2.75) is 32.9 Å². The van der Waals surface area contributed by atoms with Gasteiger partial charge in [0.2, 0.25) is 5.16 Å². The molecule has 9 heteroatoms. The molecule has 0 unspecified atom stereocenters. The Hall–Kier alpha value is -3.33. The van der Waals surface area contributed by atoms with E-state index in [1.165, 1.54) is 11.8 Å². The third kappa shape index (κ3) is 3.62. The highest BCUT2D eigenvalue weighted by Crippen LogP contribution is 2.33. The summed E-state index contributed by atoms with van der Waals surface area (Å²) in [6, 6.07) is 9.73. The smallest absolute Gasteiger partial charge is 0.253 e. The second kappa shape index (κ2) is 7.98. The number of Topliss-reactive ketones (excluding diaryl/α,β-unsaturated/α-hetero) is 1. The number of hydrogen-bond donors (Lipinski definition) is 0. The summed E-state index contributed by atoms with van der Waals surface area (Å²) in [5.74, 6) is 2.30.